The van der Waals surface area contributed by atoms with E-state index < -0.39 is 10.7 Å². The van der Waals surface area contributed by atoms with Crippen LogP contribution in [-0.2, 0) is 4.79 Å². The van der Waals surface area contributed by atoms with E-state index in [1.807, 2.05) is 0 Å². The highest BCUT2D eigenvalue weighted by Gasteiger charge is 2.15. The minimum Gasteiger partial charge on any atom is -0.289 e. The second-order valence-electron chi connectivity index (χ2n) is 2.39. The summed E-state index contributed by atoms with van der Waals surface area (Å²) in [5.74, 6) is -0.512. The number of hydrogen-bond donors (Lipinski definition) is 2. The average Bonchev–Trinajstić information content (AvgIpc) is 2.17. The second kappa shape index (κ2) is 4.60. The summed E-state index contributed by atoms with van der Waals surface area (Å²) in [5, 5.41) is 8.97. The van der Waals surface area contributed by atoms with Gasteiger partial charge in [-0.3, -0.25) is 10.0 Å². The number of rotatable bonds is 2. The highest BCUT2D eigenvalue weighted by atomic mass is 79.9. The Morgan fingerprint density at radius 2 is 2.00 bits per heavy atom. The second-order valence-corrected chi connectivity index (χ2v) is 3.74. The molecule has 1 aromatic carbocycles. The predicted octanol–water partition coefficient (Wildman–Crippen LogP) is 2.28. The molecule has 0 radical (unpaired) electrons. The number of nitrogens with one attached hydrogen (secondary N) is 1. The Kier molecular flexibility index (Phi) is 3.71. The van der Waals surface area contributed by atoms with Gasteiger partial charge in [-0.2, -0.15) is 0 Å². The maximum Gasteiger partial charge on any atom is 0.261 e. The molecule has 0 bridgehead atoms. The molecule has 0 aliphatic heterocycles. The molecular weight excluding hydrogens is 257 g/mol. The molecule has 1 rings (SSSR count). The molecule has 3 nitrogen and oxygen atoms in total. The lowest BCUT2D eigenvalue weighted by Gasteiger charge is -2.07. The molecule has 0 aliphatic carbocycles. The van der Waals surface area contributed by atoms with Crippen molar-refractivity contribution < 1.29 is 10.0 Å². The van der Waals surface area contributed by atoms with Crippen LogP contribution in [0, 0.1) is 0 Å². The summed E-state index contributed by atoms with van der Waals surface area (Å²) >= 11 is 8.79. The molecule has 1 amide bonds. The van der Waals surface area contributed by atoms with Crippen LogP contribution < -0.4 is 5.48 Å². The zero-order valence-electron chi connectivity index (χ0n) is 6.50. The van der Waals surface area contributed by atoms with Crippen LogP contribution >= 0.6 is 27.5 Å². The third-order valence-corrected chi connectivity index (χ3v) is 2.70. The van der Waals surface area contributed by atoms with Crippen molar-refractivity contribution in [1.82, 2.24) is 5.48 Å². The number of hydrogen-bond acceptors (Lipinski definition) is 2. The first-order chi connectivity index (χ1) is 6.15. The van der Waals surface area contributed by atoms with E-state index >= 15 is 0 Å². The summed E-state index contributed by atoms with van der Waals surface area (Å²) in [5.41, 5.74) is 2.29. The third-order valence-electron chi connectivity index (χ3n) is 1.50. The van der Waals surface area contributed by atoms with Crippen molar-refractivity contribution in [2.45, 2.75) is 4.83 Å². The van der Waals surface area contributed by atoms with Crippen LogP contribution in [0.2, 0.25) is 5.02 Å². The number of hydroxylamine groups is 1. The quantitative estimate of drug-likeness (QED) is 0.489. The number of benzene rings is 1. The Bertz CT molecular complexity index is 302. The fourth-order valence-electron chi connectivity index (χ4n) is 0.840. The lowest BCUT2D eigenvalue weighted by atomic mass is 10.1. The van der Waals surface area contributed by atoms with E-state index in [-0.39, 0.29) is 0 Å². The molecular formula is C8H7BrClNO2. The van der Waals surface area contributed by atoms with Gasteiger partial charge in [-0.05, 0) is 17.7 Å². The number of carbonyl (C=O) groups excluding carboxylic acids is 1. The smallest absolute Gasteiger partial charge is 0.261 e. The van der Waals surface area contributed by atoms with Crippen LogP contribution in [-0.4, -0.2) is 11.1 Å². The van der Waals surface area contributed by atoms with E-state index in [1.165, 1.54) is 0 Å². The first kappa shape index (κ1) is 10.5. The zero-order chi connectivity index (χ0) is 9.84. The number of carbonyl (C=O) groups is 1. The van der Waals surface area contributed by atoms with Gasteiger partial charge in [0.25, 0.3) is 5.91 Å². The summed E-state index contributed by atoms with van der Waals surface area (Å²) in [4.78, 5) is 10.4. The van der Waals surface area contributed by atoms with Gasteiger partial charge >= 0.3 is 0 Å². The minimum atomic E-state index is -0.560. The van der Waals surface area contributed by atoms with Gasteiger partial charge in [0.1, 0.15) is 4.83 Å². The lowest BCUT2D eigenvalue weighted by Crippen LogP contribution is -2.22. The number of alkyl halides is 1. The summed E-state index contributed by atoms with van der Waals surface area (Å²) in [6.07, 6.45) is 0. The fraction of sp³-hybridized carbons (Fsp3) is 0.125. The number of amides is 1. The Balaban J connectivity index is 2.83. The van der Waals surface area contributed by atoms with E-state index in [0.29, 0.717) is 5.02 Å². The highest BCUT2D eigenvalue weighted by Crippen LogP contribution is 2.23. The maximum atomic E-state index is 11.0. The Hall–Kier alpha value is -0.580. The van der Waals surface area contributed by atoms with E-state index in [0.717, 1.165) is 5.56 Å². The van der Waals surface area contributed by atoms with E-state index in [4.69, 9.17) is 16.8 Å². The molecule has 0 saturated carbocycles. The lowest BCUT2D eigenvalue weighted by molar-refractivity contribution is -0.128. The molecule has 0 saturated heterocycles. The Morgan fingerprint density at radius 3 is 2.46 bits per heavy atom. The maximum absolute atomic E-state index is 11.0. The van der Waals surface area contributed by atoms with Gasteiger partial charge in [0.15, 0.2) is 0 Å². The minimum absolute atomic E-state index is 0.512. The molecule has 0 spiro atoms. The molecule has 1 unspecified atom stereocenters. The number of halogens is 2. The van der Waals surface area contributed by atoms with Crippen molar-refractivity contribution in [1.29, 1.82) is 0 Å². The largest absolute Gasteiger partial charge is 0.289 e. The standard InChI is InChI=1S/C8H7BrClNO2/c9-7(8(12)11-13)5-1-3-6(10)4-2-5/h1-4,7,13H,(H,11,12). The summed E-state index contributed by atoms with van der Waals surface area (Å²) < 4.78 is 0. The summed E-state index contributed by atoms with van der Waals surface area (Å²) in [6.45, 7) is 0. The SMILES string of the molecule is O=C(NO)C(Br)c1ccc(Cl)cc1. The van der Waals surface area contributed by atoms with Crippen molar-refractivity contribution in [3.63, 3.8) is 0 Å². The first-order valence-electron chi connectivity index (χ1n) is 3.48. The molecule has 0 aliphatic rings. The molecule has 1 aromatic rings. The van der Waals surface area contributed by atoms with Crippen molar-refractivity contribution in [3.8, 4) is 0 Å². The molecule has 1 atom stereocenters. The van der Waals surface area contributed by atoms with Gasteiger partial charge in [-0.1, -0.05) is 39.7 Å². The monoisotopic (exact) mass is 263 g/mol. The van der Waals surface area contributed by atoms with Gasteiger partial charge in [0.05, 0.1) is 0 Å². The van der Waals surface area contributed by atoms with Crippen LogP contribution in [0.1, 0.15) is 10.4 Å². The molecule has 0 fully saturated rings. The zero-order valence-corrected chi connectivity index (χ0v) is 8.84. The molecule has 13 heavy (non-hydrogen) atoms. The van der Waals surface area contributed by atoms with E-state index in [1.54, 1.807) is 29.7 Å². The molecule has 0 heterocycles. The van der Waals surface area contributed by atoms with Crippen molar-refractivity contribution in [2.75, 3.05) is 0 Å². The van der Waals surface area contributed by atoms with E-state index in [9.17, 15) is 4.79 Å². The van der Waals surface area contributed by atoms with Gasteiger partial charge in [-0.25, -0.2) is 5.48 Å². The van der Waals surface area contributed by atoms with Gasteiger partial charge in [0.2, 0.25) is 0 Å². The summed E-state index contributed by atoms with van der Waals surface area (Å²) in [6, 6.07) is 6.76. The van der Waals surface area contributed by atoms with Crippen molar-refractivity contribution in [2.24, 2.45) is 0 Å². The molecule has 2 N–H and O–H groups in total. The van der Waals surface area contributed by atoms with Gasteiger partial charge < -0.3 is 0 Å². The first-order valence-corrected chi connectivity index (χ1v) is 4.78. The Morgan fingerprint density at radius 1 is 1.46 bits per heavy atom. The van der Waals surface area contributed by atoms with Crippen LogP contribution in [0.5, 0.6) is 0 Å². The summed E-state index contributed by atoms with van der Waals surface area (Å²) in [7, 11) is 0. The Labute approximate surface area is 88.8 Å². The van der Waals surface area contributed by atoms with E-state index in [2.05, 4.69) is 15.9 Å². The molecule has 5 heteroatoms. The van der Waals surface area contributed by atoms with Crippen LogP contribution in [0.3, 0.4) is 0 Å². The van der Waals surface area contributed by atoms with Crippen LogP contribution in [0.4, 0.5) is 0 Å². The van der Waals surface area contributed by atoms with Crippen LogP contribution in [0.25, 0.3) is 0 Å². The fourth-order valence-corrected chi connectivity index (χ4v) is 1.37. The molecule has 70 valence electrons. The third kappa shape index (κ3) is 2.69. The predicted molar refractivity (Wildman–Crippen MR) is 53.0 cm³/mol. The van der Waals surface area contributed by atoms with Crippen LogP contribution in [0.15, 0.2) is 24.3 Å². The highest BCUT2D eigenvalue weighted by molar-refractivity contribution is 9.09. The van der Waals surface area contributed by atoms with Gasteiger partial charge in [-0.15, -0.1) is 0 Å². The van der Waals surface area contributed by atoms with Crippen molar-refractivity contribution in [3.05, 3.63) is 34.9 Å². The van der Waals surface area contributed by atoms with Gasteiger partial charge in [0, 0.05) is 5.02 Å². The molecule has 0 aromatic heterocycles. The van der Waals surface area contributed by atoms with Crippen molar-refractivity contribution >= 4 is 33.4 Å². The average molecular weight is 265 g/mol. The topological polar surface area (TPSA) is 49.3 Å². The normalized spacial score (nSPS) is 12.2.